The van der Waals surface area contributed by atoms with Crippen LogP contribution in [0.5, 0.6) is 5.75 Å². The van der Waals surface area contributed by atoms with E-state index in [1.54, 1.807) is 18.2 Å². The number of morpholine rings is 1. The fraction of sp³-hybridized carbons (Fsp3) is 0.650. The van der Waals surface area contributed by atoms with E-state index in [-0.39, 0.29) is 24.7 Å². The van der Waals surface area contributed by atoms with Crippen LogP contribution >= 0.6 is 0 Å². The number of likely N-dealkylation sites (tertiary alicyclic amines) is 1. The Morgan fingerprint density at radius 2 is 1.96 bits per heavy atom. The second-order valence-electron chi connectivity index (χ2n) is 7.28. The zero-order valence-electron chi connectivity index (χ0n) is 15.3. The first-order chi connectivity index (χ1) is 12.7. The fourth-order valence-corrected chi connectivity index (χ4v) is 4.21. The van der Waals surface area contributed by atoms with Crippen molar-refractivity contribution in [2.24, 2.45) is 5.92 Å². The number of phenols is 1. The Hall–Kier alpha value is -1.63. The number of nitrogens with zero attached hydrogens (tertiary/aromatic N) is 2. The summed E-state index contributed by atoms with van der Waals surface area (Å²) in [5.41, 5.74) is 0.680. The van der Waals surface area contributed by atoms with Gasteiger partial charge in [0, 0.05) is 44.4 Å². The lowest BCUT2D eigenvalue weighted by molar-refractivity contribution is -0.134. The summed E-state index contributed by atoms with van der Waals surface area (Å²) in [5, 5.41) is 19.2. The van der Waals surface area contributed by atoms with Crippen molar-refractivity contribution in [3.05, 3.63) is 29.8 Å². The third-order valence-electron chi connectivity index (χ3n) is 5.63. The van der Waals surface area contributed by atoms with Crippen LogP contribution in [-0.4, -0.2) is 78.0 Å². The number of phenolic OH excluding ortho intramolecular Hbond substituents is 1. The number of hydrogen-bond acceptors (Lipinski definition) is 5. The first-order valence-corrected chi connectivity index (χ1v) is 9.66. The van der Waals surface area contributed by atoms with Crippen LogP contribution < -0.4 is 0 Å². The van der Waals surface area contributed by atoms with Gasteiger partial charge in [-0.05, 0) is 31.2 Å². The lowest BCUT2D eigenvalue weighted by Crippen LogP contribution is -2.55. The largest absolute Gasteiger partial charge is 0.508 e. The number of aliphatic hydroxyl groups is 1. The molecule has 0 radical (unpaired) electrons. The molecule has 0 bridgehead atoms. The zero-order chi connectivity index (χ0) is 18.4. The van der Waals surface area contributed by atoms with Gasteiger partial charge >= 0.3 is 0 Å². The number of amides is 1. The van der Waals surface area contributed by atoms with Gasteiger partial charge in [0.2, 0.25) is 5.91 Å². The summed E-state index contributed by atoms with van der Waals surface area (Å²) in [4.78, 5) is 17.2. The van der Waals surface area contributed by atoms with Crippen LogP contribution in [0.2, 0.25) is 0 Å². The summed E-state index contributed by atoms with van der Waals surface area (Å²) in [6.07, 6.45) is 2.90. The van der Waals surface area contributed by atoms with E-state index in [1.807, 2.05) is 11.0 Å². The van der Waals surface area contributed by atoms with E-state index in [0.29, 0.717) is 17.5 Å². The van der Waals surface area contributed by atoms with Crippen LogP contribution in [0.15, 0.2) is 24.3 Å². The highest BCUT2D eigenvalue weighted by Gasteiger charge is 2.35. The van der Waals surface area contributed by atoms with Crippen molar-refractivity contribution in [2.45, 2.75) is 31.7 Å². The van der Waals surface area contributed by atoms with Gasteiger partial charge in [0.15, 0.2) is 0 Å². The van der Waals surface area contributed by atoms with Gasteiger partial charge < -0.3 is 19.8 Å². The van der Waals surface area contributed by atoms with E-state index in [4.69, 9.17) is 4.74 Å². The van der Waals surface area contributed by atoms with Crippen LogP contribution in [0.1, 0.15) is 24.8 Å². The zero-order valence-corrected chi connectivity index (χ0v) is 15.3. The number of aliphatic hydroxyl groups excluding tert-OH is 1. The van der Waals surface area contributed by atoms with Crippen molar-refractivity contribution in [2.75, 3.05) is 46.0 Å². The topological polar surface area (TPSA) is 73.2 Å². The molecule has 144 valence electrons. The van der Waals surface area contributed by atoms with Crippen molar-refractivity contribution in [3.63, 3.8) is 0 Å². The number of benzene rings is 1. The Morgan fingerprint density at radius 1 is 1.19 bits per heavy atom. The Bertz CT molecular complexity index is 589. The number of carbonyl (C=O) groups is 1. The van der Waals surface area contributed by atoms with Gasteiger partial charge in [-0.3, -0.25) is 9.69 Å². The smallest absolute Gasteiger partial charge is 0.227 e. The Labute approximate surface area is 155 Å². The van der Waals surface area contributed by atoms with Crippen molar-refractivity contribution < 1.29 is 19.7 Å². The third kappa shape index (κ3) is 4.75. The minimum absolute atomic E-state index is 0.0703. The highest BCUT2D eigenvalue weighted by Crippen LogP contribution is 2.28. The van der Waals surface area contributed by atoms with E-state index >= 15 is 0 Å². The molecule has 0 unspecified atom stereocenters. The molecule has 2 saturated heterocycles. The first-order valence-electron chi connectivity index (χ1n) is 9.66. The van der Waals surface area contributed by atoms with Gasteiger partial charge in [0.25, 0.3) is 0 Å². The number of para-hydroxylation sites is 1. The molecule has 2 aliphatic rings. The number of aromatic hydroxyl groups is 1. The molecule has 1 aromatic carbocycles. The maximum Gasteiger partial charge on any atom is 0.227 e. The molecule has 2 heterocycles. The van der Waals surface area contributed by atoms with Gasteiger partial charge in [0.05, 0.1) is 19.6 Å². The molecule has 0 saturated carbocycles. The van der Waals surface area contributed by atoms with Crippen LogP contribution in [0.25, 0.3) is 0 Å². The van der Waals surface area contributed by atoms with Crippen molar-refractivity contribution in [1.29, 1.82) is 0 Å². The summed E-state index contributed by atoms with van der Waals surface area (Å²) in [7, 11) is 0. The summed E-state index contributed by atoms with van der Waals surface area (Å²) in [5.74, 6) is 0.629. The Balaban J connectivity index is 1.63. The normalized spacial score (nSPS) is 24.6. The maximum atomic E-state index is 12.8. The quantitative estimate of drug-likeness (QED) is 0.797. The van der Waals surface area contributed by atoms with Crippen molar-refractivity contribution >= 4 is 5.91 Å². The van der Waals surface area contributed by atoms with E-state index < -0.39 is 0 Å². The van der Waals surface area contributed by atoms with Crippen molar-refractivity contribution in [1.82, 2.24) is 9.80 Å². The molecular weight excluding hydrogens is 332 g/mol. The highest BCUT2D eigenvalue weighted by atomic mass is 16.5. The number of ether oxygens (including phenoxy) is 1. The first kappa shape index (κ1) is 19.1. The molecule has 3 rings (SSSR count). The number of rotatable bonds is 6. The van der Waals surface area contributed by atoms with Crippen LogP contribution in [0.3, 0.4) is 0 Å². The highest BCUT2D eigenvalue weighted by molar-refractivity contribution is 5.79. The van der Waals surface area contributed by atoms with Gasteiger partial charge in [-0.2, -0.15) is 0 Å². The molecule has 2 N–H and O–H groups in total. The lowest BCUT2D eigenvalue weighted by Gasteiger charge is -2.45. The minimum Gasteiger partial charge on any atom is -0.508 e. The molecule has 1 amide bonds. The SMILES string of the molecule is O=C(Cc1ccccc1O)N1CC[C@H](N2CCOCC2)[C@H](CCCO)C1. The number of hydrogen-bond donors (Lipinski definition) is 2. The van der Waals surface area contributed by atoms with Gasteiger partial charge in [0.1, 0.15) is 5.75 Å². The van der Waals surface area contributed by atoms with Crippen LogP contribution in [0.4, 0.5) is 0 Å². The summed E-state index contributed by atoms with van der Waals surface area (Å²) >= 11 is 0. The molecule has 2 aliphatic heterocycles. The molecule has 0 aliphatic carbocycles. The minimum atomic E-state index is 0.0703. The molecule has 6 heteroatoms. The standard InChI is InChI=1S/C20H30N2O4/c23-11-3-5-17-15-22(8-7-18(17)21-9-12-26-13-10-21)20(25)14-16-4-1-2-6-19(16)24/h1-2,4,6,17-18,23-24H,3,5,7-15H2/t17-,18+/m1/s1. The predicted octanol–water partition coefficient (Wildman–Crippen LogP) is 1.26. The molecule has 26 heavy (non-hydrogen) atoms. The van der Waals surface area contributed by atoms with Crippen molar-refractivity contribution in [3.8, 4) is 5.75 Å². The summed E-state index contributed by atoms with van der Waals surface area (Å²) in [6, 6.07) is 7.49. The number of carbonyl (C=O) groups excluding carboxylic acids is 1. The van der Waals surface area contributed by atoms with Gasteiger partial charge in [-0.1, -0.05) is 18.2 Å². The molecule has 2 fully saturated rings. The monoisotopic (exact) mass is 362 g/mol. The summed E-state index contributed by atoms with van der Waals surface area (Å²) < 4.78 is 5.47. The maximum absolute atomic E-state index is 12.8. The van der Waals surface area contributed by atoms with E-state index in [2.05, 4.69) is 4.90 Å². The average Bonchev–Trinajstić information content (AvgIpc) is 2.68. The van der Waals surface area contributed by atoms with E-state index in [9.17, 15) is 15.0 Å². The molecule has 0 aromatic heterocycles. The molecular formula is C20H30N2O4. The second kappa shape index (κ2) is 9.35. The van der Waals surface area contributed by atoms with Gasteiger partial charge in [-0.25, -0.2) is 0 Å². The Morgan fingerprint density at radius 3 is 2.69 bits per heavy atom. The molecule has 2 atom stereocenters. The molecule has 6 nitrogen and oxygen atoms in total. The average molecular weight is 362 g/mol. The number of piperidine rings is 1. The van der Waals surface area contributed by atoms with Gasteiger partial charge in [-0.15, -0.1) is 0 Å². The Kier molecular flexibility index (Phi) is 6.88. The van der Waals surface area contributed by atoms with E-state index in [1.165, 1.54) is 0 Å². The van der Waals surface area contributed by atoms with Crippen LogP contribution in [0, 0.1) is 5.92 Å². The molecule has 1 aromatic rings. The molecule has 0 spiro atoms. The van der Waals surface area contributed by atoms with Crippen LogP contribution in [-0.2, 0) is 16.0 Å². The second-order valence-corrected chi connectivity index (χ2v) is 7.28. The third-order valence-corrected chi connectivity index (χ3v) is 5.63. The lowest BCUT2D eigenvalue weighted by atomic mass is 9.86. The predicted molar refractivity (Wildman–Crippen MR) is 99.0 cm³/mol. The fourth-order valence-electron chi connectivity index (χ4n) is 4.21. The van der Waals surface area contributed by atoms with E-state index in [0.717, 1.165) is 58.7 Å². The summed E-state index contributed by atoms with van der Waals surface area (Å²) in [6.45, 7) is 5.13.